The highest BCUT2D eigenvalue weighted by Gasteiger charge is 2.25. The van der Waals surface area contributed by atoms with E-state index in [9.17, 15) is 4.79 Å². The molecule has 5 heteroatoms. The van der Waals surface area contributed by atoms with Gasteiger partial charge in [0.2, 0.25) is 0 Å². The third-order valence-corrected chi connectivity index (χ3v) is 3.33. The number of halogens is 1. The molecule has 0 radical (unpaired) electrons. The zero-order chi connectivity index (χ0) is 13.8. The van der Waals surface area contributed by atoms with E-state index in [1.54, 1.807) is 14.1 Å². The topological polar surface area (TPSA) is 46.1 Å². The van der Waals surface area contributed by atoms with Crippen LogP contribution in [0.1, 0.15) is 23.6 Å². The van der Waals surface area contributed by atoms with Gasteiger partial charge in [-0.15, -0.1) is 6.42 Å². The zero-order valence-corrected chi connectivity index (χ0v) is 12.5. The fourth-order valence-electron chi connectivity index (χ4n) is 2.32. The highest BCUT2D eigenvalue weighted by atomic mass is 35.5. The minimum absolute atomic E-state index is 0. The van der Waals surface area contributed by atoms with Crippen LogP contribution in [0.2, 0.25) is 0 Å². The Balaban J connectivity index is 0.00000200. The Morgan fingerprint density at radius 2 is 2.30 bits per heavy atom. The van der Waals surface area contributed by atoms with Gasteiger partial charge in [-0.2, -0.15) is 0 Å². The number of ether oxygens (including phenoxy) is 1. The number of benzene rings is 1. The number of amides is 1. The Kier molecular flexibility index (Phi) is 5.87. The molecule has 1 aliphatic carbocycles. The molecule has 0 saturated heterocycles. The minimum atomic E-state index is -0.359. The molecule has 1 aliphatic rings. The number of nitrogens with two attached hydrogens (primary N) is 1. The van der Waals surface area contributed by atoms with Gasteiger partial charge in [-0.3, -0.25) is 0 Å². The quantitative estimate of drug-likeness (QED) is 0.652. The Hall–Kier alpha value is -1.70. The maximum absolute atomic E-state index is 11.5. The van der Waals surface area contributed by atoms with Crippen molar-refractivity contribution in [3.05, 3.63) is 29.3 Å². The summed E-state index contributed by atoms with van der Waals surface area (Å²) in [5.41, 5.74) is 2.56. The van der Waals surface area contributed by atoms with Gasteiger partial charge in [0.1, 0.15) is 18.3 Å². The van der Waals surface area contributed by atoms with Crippen LogP contribution in [0.3, 0.4) is 0 Å². The van der Waals surface area contributed by atoms with Gasteiger partial charge in [0.05, 0.1) is 0 Å². The number of hydrogen-bond donors (Lipinski definition) is 1. The lowest BCUT2D eigenvalue weighted by molar-refractivity contribution is -0.685. The summed E-state index contributed by atoms with van der Waals surface area (Å²) in [4.78, 5) is 12.9. The smallest absolute Gasteiger partial charge is 0.414 e. The molecule has 0 unspecified atom stereocenters. The number of fused-ring (bicyclic) bond motifs is 1. The van der Waals surface area contributed by atoms with Gasteiger partial charge in [-0.25, -0.2) is 4.79 Å². The van der Waals surface area contributed by atoms with Crippen molar-refractivity contribution < 1.29 is 27.3 Å². The van der Waals surface area contributed by atoms with Gasteiger partial charge in [-0.1, -0.05) is 6.07 Å². The van der Waals surface area contributed by atoms with E-state index in [-0.39, 0.29) is 18.5 Å². The van der Waals surface area contributed by atoms with Gasteiger partial charge in [0, 0.05) is 26.1 Å². The van der Waals surface area contributed by atoms with Gasteiger partial charge in [0.25, 0.3) is 0 Å². The second-order valence-corrected chi connectivity index (χ2v) is 4.91. The van der Waals surface area contributed by atoms with Crippen molar-refractivity contribution in [2.45, 2.75) is 18.9 Å². The lowest BCUT2D eigenvalue weighted by atomic mass is 10.1. The van der Waals surface area contributed by atoms with Crippen LogP contribution in [-0.2, 0) is 6.42 Å². The molecule has 1 amide bonds. The number of hydrogen-bond acceptors (Lipinski definition) is 2. The molecular formula is C15H19ClN2O2. The van der Waals surface area contributed by atoms with Crippen LogP contribution >= 0.6 is 0 Å². The molecule has 0 fully saturated rings. The summed E-state index contributed by atoms with van der Waals surface area (Å²) < 4.78 is 5.29. The van der Waals surface area contributed by atoms with Gasteiger partial charge >= 0.3 is 6.09 Å². The van der Waals surface area contributed by atoms with Crippen molar-refractivity contribution in [3.8, 4) is 18.1 Å². The number of quaternary nitrogens is 1. The number of nitrogens with zero attached hydrogens (tertiary/aromatic N) is 1. The largest absolute Gasteiger partial charge is 1.00 e. The Labute approximate surface area is 125 Å². The van der Waals surface area contributed by atoms with Crippen molar-refractivity contribution in [2.75, 3.05) is 20.6 Å². The van der Waals surface area contributed by atoms with Gasteiger partial charge in [0.15, 0.2) is 0 Å². The fraction of sp³-hybridized carbons (Fsp3) is 0.400. The molecule has 1 atom stereocenters. The lowest BCUT2D eigenvalue weighted by Gasteiger charge is -2.13. The number of aryl methyl sites for hydroxylation is 1. The normalized spacial score (nSPS) is 15.8. The lowest BCUT2D eigenvalue weighted by Crippen LogP contribution is -3.00. The molecule has 108 valence electrons. The Morgan fingerprint density at radius 3 is 2.95 bits per heavy atom. The number of rotatable bonds is 3. The average Bonchev–Trinajstić information content (AvgIpc) is 2.78. The number of carbonyl (C=O) groups excluding carboxylic acids is 1. The van der Waals surface area contributed by atoms with Crippen LogP contribution in [-0.4, -0.2) is 31.6 Å². The molecule has 1 aromatic rings. The van der Waals surface area contributed by atoms with E-state index in [2.05, 4.69) is 11.2 Å². The Bertz CT molecular complexity index is 523. The van der Waals surface area contributed by atoms with Crippen molar-refractivity contribution in [1.82, 2.24) is 4.90 Å². The second kappa shape index (κ2) is 7.18. The number of carbonyl (C=O) groups is 1. The summed E-state index contributed by atoms with van der Waals surface area (Å²) >= 11 is 0. The average molecular weight is 295 g/mol. The first-order valence-electron chi connectivity index (χ1n) is 6.40. The van der Waals surface area contributed by atoms with Crippen LogP contribution in [0.15, 0.2) is 18.2 Å². The summed E-state index contributed by atoms with van der Waals surface area (Å²) in [6, 6.07) is 6.23. The maximum atomic E-state index is 11.5. The minimum Gasteiger partial charge on any atom is -1.00 e. The summed E-state index contributed by atoms with van der Waals surface area (Å²) in [7, 11) is 3.33. The summed E-state index contributed by atoms with van der Waals surface area (Å²) in [5.74, 6) is 3.24. The van der Waals surface area contributed by atoms with Crippen molar-refractivity contribution >= 4 is 6.09 Å². The van der Waals surface area contributed by atoms with E-state index in [1.807, 2.05) is 18.2 Å². The SMILES string of the molecule is C#CC[NH2+][C@@H]1CCc2ccc(OC(=O)N(C)C)cc21.[Cl-]. The molecule has 4 nitrogen and oxygen atoms in total. The molecule has 0 aliphatic heterocycles. The molecule has 0 heterocycles. The third kappa shape index (κ3) is 3.66. The zero-order valence-electron chi connectivity index (χ0n) is 11.7. The first-order valence-corrected chi connectivity index (χ1v) is 6.40. The molecule has 2 N–H and O–H groups in total. The molecule has 0 saturated carbocycles. The first-order chi connectivity index (χ1) is 9.11. The van der Waals surface area contributed by atoms with Gasteiger partial charge in [-0.05, 0) is 30.0 Å². The van der Waals surface area contributed by atoms with Crippen LogP contribution in [0.4, 0.5) is 4.79 Å². The van der Waals surface area contributed by atoms with Crippen molar-refractivity contribution in [2.24, 2.45) is 0 Å². The Morgan fingerprint density at radius 1 is 1.55 bits per heavy atom. The van der Waals surface area contributed by atoms with E-state index >= 15 is 0 Å². The second-order valence-electron chi connectivity index (χ2n) is 4.91. The van der Waals surface area contributed by atoms with E-state index in [4.69, 9.17) is 11.2 Å². The third-order valence-electron chi connectivity index (χ3n) is 3.33. The maximum Gasteiger partial charge on any atom is 0.414 e. The molecule has 0 aromatic heterocycles. The predicted octanol–water partition coefficient (Wildman–Crippen LogP) is -2.07. The van der Waals surface area contributed by atoms with E-state index in [0.29, 0.717) is 18.3 Å². The predicted molar refractivity (Wildman–Crippen MR) is 72.8 cm³/mol. The summed E-state index contributed by atoms with van der Waals surface area (Å²) in [5, 5.41) is 2.16. The first kappa shape index (κ1) is 16.4. The molecule has 1 aromatic carbocycles. The van der Waals surface area contributed by atoms with Crippen molar-refractivity contribution in [1.29, 1.82) is 0 Å². The highest BCUT2D eigenvalue weighted by molar-refractivity contribution is 5.70. The summed E-state index contributed by atoms with van der Waals surface area (Å²) in [6.45, 7) is 0.672. The van der Waals surface area contributed by atoms with Crippen LogP contribution in [0.5, 0.6) is 5.75 Å². The van der Waals surface area contributed by atoms with Crippen LogP contribution in [0.25, 0.3) is 0 Å². The molecule has 0 spiro atoms. The fourth-order valence-corrected chi connectivity index (χ4v) is 2.32. The van der Waals surface area contributed by atoms with Gasteiger partial charge < -0.3 is 27.4 Å². The van der Waals surface area contributed by atoms with E-state index < -0.39 is 0 Å². The number of terminal acetylenes is 1. The van der Waals surface area contributed by atoms with Crippen LogP contribution < -0.4 is 22.5 Å². The van der Waals surface area contributed by atoms with Crippen LogP contribution in [0, 0.1) is 12.3 Å². The molecule has 20 heavy (non-hydrogen) atoms. The van der Waals surface area contributed by atoms with E-state index in [1.165, 1.54) is 16.0 Å². The standard InChI is InChI=1S/C15H18N2O2.ClH/c1-4-9-16-14-8-6-11-5-7-12(10-13(11)14)19-15(18)17(2)3;/h1,5,7,10,14,16H,6,8-9H2,2-3H3;1H/t14-;/m1./s1. The highest BCUT2D eigenvalue weighted by Crippen LogP contribution is 2.31. The van der Waals surface area contributed by atoms with Crippen molar-refractivity contribution in [3.63, 3.8) is 0 Å². The summed E-state index contributed by atoms with van der Waals surface area (Å²) in [6.07, 6.45) is 7.08. The molecular weight excluding hydrogens is 276 g/mol. The molecule has 0 bridgehead atoms. The van der Waals surface area contributed by atoms with E-state index in [0.717, 1.165) is 12.8 Å². The monoisotopic (exact) mass is 294 g/mol. The molecule has 2 rings (SSSR count).